The number of anilines is 2. The van der Waals surface area contributed by atoms with Crippen LogP contribution in [0.15, 0.2) is 48.5 Å². The summed E-state index contributed by atoms with van der Waals surface area (Å²) in [6.07, 6.45) is 1.99. The number of sulfonamides is 1. The molecule has 3 rings (SSSR count). The van der Waals surface area contributed by atoms with Crippen LogP contribution in [0.5, 0.6) is 0 Å². The molecule has 1 aliphatic heterocycles. The Balaban J connectivity index is 1.54. The highest BCUT2D eigenvalue weighted by Gasteiger charge is 2.21. The number of piperazine rings is 1. The molecule has 1 atom stereocenters. The number of benzene rings is 2. The lowest BCUT2D eigenvalue weighted by Crippen LogP contribution is -2.50. The first-order valence-electron chi connectivity index (χ1n) is 9.34. The van der Waals surface area contributed by atoms with Crippen molar-refractivity contribution in [3.63, 3.8) is 0 Å². The maximum absolute atomic E-state index is 11.6. The van der Waals surface area contributed by atoms with Crippen molar-refractivity contribution in [2.75, 3.05) is 48.6 Å². The van der Waals surface area contributed by atoms with Gasteiger partial charge in [0.2, 0.25) is 10.0 Å². The molecular formula is C20H27ClN4O2S. The van der Waals surface area contributed by atoms with Gasteiger partial charge in [-0.3, -0.25) is 9.62 Å². The molecule has 0 amide bonds. The number of hydrogen-bond acceptors (Lipinski definition) is 5. The molecule has 1 fully saturated rings. The number of nitrogens with one attached hydrogen (secondary N) is 1. The first-order chi connectivity index (χ1) is 13.3. The molecule has 8 heteroatoms. The van der Waals surface area contributed by atoms with Crippen LogP contribution in [0, 0.1) is 0 Å². The molecule has 1 heterocycles. The molecule has 0 saturated carbocycles. The molecule has 28 heavy (non-hydrogen) atoms. The Morgan fingerprint density at radius 1 is 1.07 bits per heavy atom. The molecule has 2 aromatic carbocycles. The highest BCUT2D eigenvalue weighted by Crippen LogP contribution is 2.27. The molecule has 0 spiro atoms. The first kappa shape index (κ1) is 20.9. The summed E-state index contributed by atoms with van der Waals surface area (Å²) in [6, 6.07) is 15.4. The fourth-order valence-corrected chi connectivity index (χ4v) is 4.22. The fourth-order valence-electron chi connectivity index (χ4n) is 3.53. The van der Waals surface area contributed by atoms with E-state index in [1.807, 2.05) is 42.5 Å². The van der Waals surface area contributed by atoms with Crippen molar-refractivity contribution in [1.29, 1.82) is 0 Å². The van der Waals surface area contributed by atoms with Gasteiger partial charge in [0.25, 0.3) is 0 Å². The number of nitrogens with two attached hydrogens (primary N) is 1. The predicted molar refractivity (Wildman–Crippen MR) is 117 cm³/mol. The quantitative estimate of drug-likeness (QED) is 0.716. The summed E-state index contributed by atoms with van der Waals surface area (Å²) in [5, 5.41) is 0.735. The average Bonchev–Trinajstić information content (AvgIpc) is 2.63. The van der Waals surface area contributed by atoms with Gasteiger partial charge < -0.3 is 10.6 Å². The van der Waals surface area contributed by atoms with Crippen LogP contribution in [-0.4, -0.2) is 58.3 Å². The molecule has 0 radical (unpaired) electrons. The Morgan fingerprint density at radius 2 is 1.71 bits per heavy atom. The normalized spacial score (nSPS) is 16.8. The van der Waals surface area contributed by atoms with E-state index in [1.165, 1.54) is 11.8 Å². The van der Waals surface area contributed by atoms with E-state index in [4.69, 9.17) is 17.3 Å². The summed E-state index contributed by atoms with van der Waals surface area (Å²) in [5.74, 6) is 0. The van der Waals surface area contributed by atoms with E-state index >= 15 is 0 Å². The van der Waals surface area contributed by atoms with Gasteiger partial charge in [0, 0.05) is 43.8 Å². The lowest BCUT2D eigenvalue weighted by atomic mass is 10.1. The number of nitrogens with zero attached hydrogens (tertiary/aromatic N) is 2. The topological polar surface area (TPSA) is 78.7 Å². The van der Waals surface area contributed by atoms with E-state index in [-0.39, 0.29) is 6.04 Å². The Kier molecular flexibility index (Phi) is 6.82. The third kappa shape index (κ3) is 6.10. The zero-order valence-electron chi connectivity index (χ0n) is 16.0. The van der Waals surface area contributed by atoms with Crippen LogP contribution in [0.4, 0.5) is 11.4 Å². The molecular weight excluding hydrogens is 396 g/mol. The van der Waals surface area contributed by atoms with Gasteiger partial charge in [0.15, 0.2) is 0 Å². The van der Waals surface area contributed by atoms with Crippen LogP contribution in [-0.2, 0) is 16.4 Å². The molecule has 2 aromatic rings. The van der Waals surface area contributed by atoms with Crippen LogP contribution >= 0.6 is 11.6 Å². The smallest absolute Gasteiger partial charge is 0.229 e. The van der Waals surface area contributed by atoms with Crippen molar-refractivity contribution in [2.45, 2.75) is 12.5 Å². The minimum atomic E-state index is -3.31. The fraction of sp³-hybridized carbons (Fsp3) is 0.400. The zero-order chi connectivity index (χ0) is 20.1. The van der Waals surface area contributed by atoms with Crippen LogP contribution in [0.1, 0.15) is 5.56 Å². The number of rotatable bonds is 7. The number of halogens is 1. The van der Waals surface area contributed by atoms with Gasteiger partial charge in [0.1, 0.15) is 0 Å². The van der Waals surface area contributed by atoms with E-state index < -0.39 is 10.0 Å². The molecule has 0 bridgehead atoms. The van der Waals surface area contributed by atoms with Gasteiger partial charge in [-0.1, -0.05) is 35.9 Å². The average molecular weight is 423 g/mol. The molecule has 1 aliphatic rings. The van der Waals surface area contributed by atoms with E-state index in [0.717, 1.165) is 49.9 Å². The lowest BCUT2D eigenvalue weighted by Gasteiger charge is -2.37. The number of para-hydroxylation sites is 2. The standard InChI is InChI=1S/C20H27ClN4O2S/c1-28(26,27)23-19-4-2-3-5-20(19)25-12-10-24(11-13-25)15-18(22)14-16-6-8-17(21)9-7-16/h2-9,18,23H,10-15,22H2,1H3/t18-/m1/s1. The van der Waals surface area contributed by atoms with E-state index in [0.29, 0.717) is 5.69 Å². The summed E-state index contributed by atoms with van der Waals surface area (Å²) >= 11 is 5.93. The molecule has 6 nitrogen and oxygen atoms in total. The molecule has 152 valence electrons. The van der Waals surface area contributed by atoms with Crippen LogP contribution < -0.4 is 15.4 Å². The first-order valence-corrected chi connectivity index (χ1v) is 11.6. The third-order valence-electron chi connectivity index (χ3n) is 4.82. The Labute approximate surface area is 172 Å². The van der Waals surface area contributed by atoms with E-state index in [2.05, 4.69) is 14.5 Å². The largest absolute Gasteiger partial charge is 0.367 e. The summed E-state index contributed by atoms with van der Waals surface area (Å²) in [7, 11) is -3.31. The van der Waals surface area contributed by atoms with Crippen LogP contribution in [0.25, 0.3) is 0 Å². The molecule has 1 saturated heterocycles. The van der Waals surface area contributed by atoms with Crippen molar-refractivity contribution in [2.24, 2.45) is 5.73 Å². The second kappa shape index (κ2) is 9.13. The minimum absolute atomic E-state index is 0.0620. The van der Waals surface area contributed by atoms with Gasteiger partial charge in [-0.25, -0.2) is 8.42 Å². The monoisotopic (exact) mass is 422 g/mol. The van der Waals surface area contributed by atoms with Gasteiger partial charge in [-0.15, -0.1) is 0 Å². The van der Waals surface area contributed by atoms with Gasteiger partial charge in [0.05, 0.1) is 17.6 Å². The summed E-state index contributed by atoms with van der Waals surface area (Å²) in [6.45, 7) is 4.27. The summed E-state index contributed by atoms with van der Waals surface area (Å²) in [5.41, 5.74) is 9.08. The zero-order valence-corrected chi connectivity index (χ0v) is 17.6. The molecule has 0 aromatic heterocycles. The van der Waals surface area contributed by atoms with Crippen LogP contribution in [0.3, 0.4) is 0 Å². The van der Waals surface area contributed by atoms with Crippen molar-refractivity contribution in [1.82, 2.24) is 4.90 Å². The highest BCUT2D eigenvalue weighted by atomic mass is 35.5. The van der Waals surface area contributed by atoms with Gasteiger partial charge in [-0.2, -0.15) is 0 Å². The predicted octanol–water partition coefficient (Wildman–Crippen LogP) is 2.40. The van der Waals surface area contributed by atoms with E-state index in [9.17, 15) is 8.42 Å². The molecule has 0 aliphatic carbocycles. The SMILES string of the molecule is CS(=O)(=O)Nc1ccccc1N1CCN(C[C@H](N)Cc2ccc(Cl)cc2)CC1. The summed E-state index contributed by atoms with van der Waals surface area (Å²) in [4.78, 5) is 4.58. The highest BCUT2D eigenvalue weighted by molar-refractivity contribution is 7.92. The Hall–Kier alpha value is -1.80. The number of hydrogen-bond donors (Lipinski definition) is 2. The molecule has 3 N–H and O–H groups in total. The van der Waals surface area contributed by atoms with Crippen LogP contribution in [0.2, 0.25) is 5.02 Å². The van der Waals surface area contributed by atoms with Gasteiger partial charge in [-0.05, 0) is 36.2 Å². The lowest BCUT2D eigenvalue weighted by molar-refractivity contribution is 0.242. The van der Waals surface area contributed by atoms with E-state index in [1.54, 1.807) is 6.07 Å². The second-order valence-corrected chi connectivity index (χ2v) is 9.45. The van der Waals surface area contributed by atoms with Gasteiger partial charge >= 0.3 is 0 Å². The van der Waals surface area contributed by atoms with Crippen molar-refractivity contribution in [3.8, 4) is 0 Å². The second-order valence-electron chi connectivity index (χ2n) is 7.27. The third-order valence-corrected chi connectivity index (χ3v) is 5.66. The minimum Gasteiger partial charge on any atom is -0.367 e. The maximum Gasteiger partial charge on any atom is 0.229 e. The summed E-state index contributed by atoms with van der Waals surface area (Å²) < 4.78 is 25.8. The van der Waals surface area contributed by atoms with Crippen molar-refractivity contribution >= 4 is 33.0 Å². The maximum atomic E-state index is 11.6. The van der Waals surface area contributed by atoms with Crippen molar-refractivity contribution < 1.29 is 8.42 Å². The van der Waals surface area contributed by atoms with Crippen molar-refractivity contribution in [3.05, 3.63) is 59.1 Å². The Bertz CT molecular complexity index is 881. The Morgan fingerprint density at radius 3 is 2.36 bits per heavy atom. The molecule has 0 unspecified atom stereocenters.